The first-order valence-electron chi connectivity index (χ1n) is 10.1. The third kappa shape index (κ3) is 5.24. The van der Waals surface area contributed by atoms with Gasteiger partial charge in [0.2, 0.25) is 23.6 Å². The Morgan fingerprint density at radius 1 is 1.03 bits per heavy atom. The van der Waals surface area contributed by atoms with Crippen LogP contribution in [0, 0.1) is 11.8 Å². The van der Waals surface area contributed by atoms with E-state index in [1.54, 1.807) is 18.7 Å². The number of nitrogens with zero attached hydrogens (tertiary/aromatic N) is 2. The van der Waals surface area contributed by atoms with Crippen LogP contribution >= 0.6 is 0 Å². The van der Waals surface area contributed by atoms with Crippen molar-refractivity contribution in [1.29, 1.82) is 0 Å². The summed E-state index contributed by atoms with van der Waals surface area (Å²) in [5, 5.41) is 21.7. The molecule has 0 aromatic heterocycles. The van der Waals surface area contributed by atoms with E-state index >= 15 is 0 Å². The van der Waals surface area contributed by atoms with Gasteiger partial charge in [-0.2, -0.15) is 0 Å². The van der Waals surface area contributed by atoms with Crippen LogP contribution in [0.1, 0.15) is 40.0 Å². The number of rotatable bonds is 7. The zero-order valence-corrected chi connectivity index (χ0v) is 17.2. The summed E-state index contributed by atoms with van der Waals surface area (Å²) in [6.07, 6.45) is -0.235. The fraction of sp³-hybridized carbons (Fsp3) is 0.789. The average Bonchev–Trinajstić information content (AvgIpc) is 3.32. The normalized spacial score (nSPS) is 26.0. The van der Waals surface area contributed by atoms with Crippen LogP contribution in [0.5, 0.6) is 0 Å². The van der Waals surface area contributed by atoms with Crippen molar-refractivity contribution >= 4 is 23.6 Å². The molecule has 10 heteroatoms. The lowest BCUT2D eigenvalue weighted by atomic mass is 10.0. The van der Waals surface area contributed by atoms with E-state index in [0.717, 1.165) is 0 Å². The molecule has 2 saturated heterocycles. The Bertz CT molecular complexity index is 653. The monoisotopic (exact) mass is 412 g/mol. The van der Waals surface area contributed by atoms with Crippen molar-refractivity contribution in [3.8, 4) is 0 Å². The largest absolute Gasteiger partial charge is 0.393 e. The highest BCUT2D eigenvalue weighted by Gasteiger charge is 2.41. The number of hydrogen-bond donors (Lipinski definition) is 4. The summed E-state index contributed by atoms with van der Waals surface area (Å²) in [7, 11) is 0. The lowest BCUT2D eigenvalue weighted by Crippen LogP contribution is -2.53. The van der Waals surface area contributed by atoms with Crippen LogP contribution in [-0.2, 0) is 19.2 Å². The molecule has 4 amide bonds. The van der Waals surface area contributed by atoms with Crippen molar-refractivity contribution in [1.82, 2.24) is 15.1 Å². The van der Waals surface area contributed by atoms with Crippen molar-refractivity contribution in [2.45, 2.75) is 64.3 Å². The highest BCUT2D eigenvalue weighted by molar-refractivity contribution is 5.91. The zero-order valence-electron chi connectivity index (χ0n) is 17.2. The minimum atomic E-state index is -1.18. The van der Waals surface area contributed by atoms with Crippen LogP contribution in [0.25, 0.3) is 0 Å². The van der Waals surface area contributed by atoms with Crippen molar-refractivity contribution < 1.29 is 29.4 Å². The first kappa shape index (κ1) is 23.1. The van der Waals surface area contributed by atoms with E-state index in [1.165, 1.54) is 11.8 Å². The Kier molecular flexibility index (Phi) is 7.59. The molecule has 2 aliphatic heterocycles. The standard InChI is InChI=1S/C19H32N4O6/c1-10(11(2)24)18(28)23-7-4-5-14(23)19(29)22-8-6-13(9-22)17(27)21-15(12(3)25)16(20)26/h10-15,24-25H,4-9H2,1-3H3,(H2,20,26)(H,21,27)/t10-,11+,12+,13+,14+,15?/m0/s1. The van der Waals surface area contributed by atoms with E-state index in [1.807, 2.05) is 0 Å². The second-order valence-electron chi connectivity index (χ2n) is 8.12. The summed E-state index contributed by atoms with van der Waals surface area (Å²) in [5.74, 6) is -2.82. The van der Waals surface area contributed by atoms with Crippen molar-refractivity contribution in [3.05, 3.63) is 0 Å². The van der Waals surface area contributed by atoms with Crippen LogP contribution in [0.2, 0.25) is 0 Å². The molecule has 2 heterocycles. The second kappa shape index (κ2) is 9.53. The molecule has 0 aliphatic carbocycles. The Morgan fingerprint density at radius 3 is 2.24 bits per heavy atom. The number of amides is 4. The molecular formula is C19H32N4O6. The third-order valence-corrected chi connectivity index (χ3v) is 5.89. The lowest BCUT2D eigenvalue weighted by Gasteiger charge is -2.30. The van der Waals surface area contributed by atoms with E-state index < -0.39 is 47.9 Å². The molecule has 6 atom stereocenters. The van der Waals surface area contributed by atoms with Gasteiger partial charge in [-0.25, -0.2) is 0 Å². The van der Waals surface area contributed by atoms with Gasteiger partial charge in [0.05, 0.1) is 24.0 Å². The highest BCUT2D eigenvalue weighted by atomic mass is 16.3. The maximum absolute atomic E-state index is 13.0. The maximum atomic E-state index is 13.0. The molecule has 0 saturated carbocycles. The van der Waals surface area contributed by atoms with Crippen LogP contribution in [0.4, 0.5) is 0 Å². The number of nitrogens with one attached hydrogen (secondary N) is 1. The van der Waals surface area contributed by atoms with E-state index in [0.29, 0.717) is 32.4 Å². The molecule has 0 spiro atoms. The number of carbonyl (C=O) groups is 4. The second-order valence-corrected chi connectivity index (χ2v) is 8.12. The van der Waals surface area contributed by atoms with Gasteiger partial charge in [0.15, 0.2) is 0 Å². The van der Waals surface area contributed by atoms with Gasteiger partial charge in [0, 0.05) is 19.6 Å². The lowest BCUT2D eigenvalue weighted by molar-refractivity contribution is -0.147. The first-order valence-corrected chi connectivity index (χ1v) is 10.1. The zero-order chi connectivity index (χ0) is 21.9. The fourth-order valence-corrected chi connectivity index (χ4v) is 3.84. The fourth-order valence-electron chi connectivity index (χ4n) is 3.84. The molecule has 10 nitrogen and oxygen atoms in total. The number of likely N-dealkylation sites (tertiary alicyclic amines) is 2. The number of primary amides is 1. The molecule has 1 unspecified atom stereocenters. The van der Waals surface area contributed by atoms with Gasteiger partial charge in [-0.1, -0.05) is 6.92 Å². The predicted octanol–water partition coefficient (Wildman–Crippen LogP) is -1.81. The van der Waals surface area contributed by atoms with Gasteiger partial charge in [0.1, 0.15) is 12.1 Å². The van der Waals surface area contributed by atoms with Gasteiger partial charge in [-0.3, -0.25) is 19.2 Å². The summed E-state index contributed by atoms with van der Waals surface area (Å²) in [6.45, 7) is 5.57. The topological polar surface area (TPSA) is 153 Å². The van der Waals surface area contributed by atoms with E-state index in [4.69, 9.17) is 5.73 Å². The van der Waals surface area contributed by atoms with Crippen LogP contribution in [-0.4, -0.2) is 87.6 Å². The number of carbonyl (C=O) groups excluding carboxylic acids is 4. The van der Waals surface area contributed by atoms with E-state index in [-0.39, 0.29) is 18.4 Å². The molecule has 0 radical (unpaired) electrons. The average molecular weight is 412 g/mol. The molecule has 0 aromatic carbocycles. The molecule has 2 aliphatic rings. The van der Waals surface area contributed by atoms with Crippen LogP contribution in [0.15, 0.2) is 0 Å². The van der Waals surface area contributed by atoms with Crippen LogP contribution in [0.3, 0.4) is 0 Å². The summed E-state index contributed by atoms with van der Waals surface area (Å²) < 4.78 is 0. The van der Waals surface area contributed by atoms with Gasteiger partial charge in [-0.05, 0) is 33.1 Å². The molecular weight excluding hydrogens is 380 g/mol. The van der Waals surface area contributed by atoms with E-state index in [9.17, 15) is 29.4 Å². The van der Waals surface area contributed by atoms with Gasteiger partial charge >= 0.3 is 0 Å². The van der Waals surface area contributed by atoms with E-state index in [2.05, 4.69) is 5.32 Å². The minimum absolute atomic E-state index is 0.181. The van der Waals surface area contributed by atoms with Crippen molar-refractivity contribution in [2.75, 3.05) is 19.6 Å². The molecule has 0 bridgehead atoms. The summed E-state index contributed by atoms with van der Waals surface area (Å²) in [5.41, 5.74) is 5.20. The number of nitrogens with two attached hydrogens (primary N) is 1. The summed E-state index contributed by atoms with van der Waals surface area (Å²) in [4.78, 5) is 52.5. The third-order valence-electron chi connectivity index (χ3n) is 5.89. The summed E-state index contributed by atoms with van der Waals surface area (Å²) >= 11 is 0. The Balaban J connectivity index is 1.98. The SMILES string of the molecule is C[C@H](C(=O)N1CCC[C@@H]1C(=O)N1CC[C@@H](C(=O)NC(C(N)=O)[C@@H](C)O)C1)[C@@H](C)O. The smallest absolute Gasteiger partial charge is 0.245 e. The Labute approximate surface area is 170 Å². The number of aliphatic hydroxyl groups is 2. The molecule has 29 heavy (non-hydrogen) atoms. The molecule has 2 fully saturated rings. The molecule has 0 aromatic rings. The first-order chi connectivity index (χ1) is 13.5. The Hall–Kier alpha value is -2.20. The van der Waals surface area contributed by atoms with Gasteiger partial charge < -0.3 is 31.1 Å². The highest BCUT2D eigenvalue weighted by Crippen LogP contribution is 2.26. The number of aliphatic hydroxyl groups excluding tert-OH is 2. The number of hydrogen-bond acceptors (Lipinski definition) is 6. The molecule has 2 rings (SSSR count). The Morgan fingerprint density at radius 2 is 1.69 bits per heavy atom. The van der Waals surface area contributed by atoms with Gasteiger partial charge in [-0.15, -0.1) is 0 Å². The minimum Gasteiger partial charge on any atom is -0.393 e. The van der Waals surface area contributed by atoms with Crippen LogP contribution < -0.4 is 11.1 Å². The predicted molar refractivity (Wildman–Crippen MR) is 103 cm³/mol. The quantitative estimate of drug-likeness (QED) is 0.387. The summed E-state index contributed by atoms with van der Waals surface area (Å²) in [6, 6.07) is -1.77. The van der Waals surface area contributed by atoms with Gasteiger partial charge in [0.25, 0.3) is 0 Å². The van der Waals surface area contributed by atoms with Crippen molar-refractivity contribution in [3.63, 3.8) is 0 Å². The van der Waals surface area contributed by atoms with Crippen molar-refractivity contribution in [2.24, 2.45) is 17.6 Å². The maximum Gasteiger partial charge on any atom is 0.245 e. The molecule has 5 N–H and O–H groups in total. The molecule has 164 valence electrons.